The predicted octanol–water partition coefficient (Wildman–Crippen LogP) is 4.58. The van der Waals surface area contributed by atoms with Crippen LogP contribution in [0.2, 0.25) is 0 Å². The minimum Gasteiger partial charge on any atom is -0.493 e. The third-order valence-electron chi connectivity index (χ3n) is 4.30. The van der Waals surface area contributed by atoms with E-state index >= 15 is 0 Å². The minimum absolute atomic E-state index is 0.154. The van der Waals surface area contributed by atoms with E-state index in [1.165, 1.54) is 25.3 Å². The van der Waals surface area contributed by atoms with Gasteiger partial charge in [0.25, 0.3) is 0 Å². The van der Waals surface area contributed by atoms with Crippen LogP contribution in [0, 0.1) is 11.3 Å². The predicted molar refractivity (Wildman–Crippen MR) is 127 cm³/mol. The number of methoxy groups -OCH3 is 1. The van der Waals surface area contributed by atoms with Crippen molar-refractivity contribution in [1.29, 1.82) is 5.26 Å². The fourth-order valence-corrected chi connectivity index (χ4v) is 2.85. The number of rotatable bonds is 11. The summed E-state index contributed by atoms with van der Waals surface area (Å²) < 4.78 is 26.7. The summed E-state index contributed by atoms with van der Waals surface area (Å²) in [6, 6.07) is 11.8. The molecule has 2 rings (SSSR count). The molecule has 2 aromatic rings. The average Bonchev–Trinajstić information content (AvgIpc) is 2.83. The van der Waals surface area contributed by atoms with E-state index in [1.807, 2.05) is 19.9 Å². The van der Waals surface area contributed by atoms with Crippen molar-refractivity contribution in [3.8, 4) is 29.1 Å². The molecule has 0 aromatic heterocycles. The van der Waals surface area contributed by atoms with Gasteiger partial charge in [-0.25, -0.2) is 9.59 Å². The Hall–Kier alpha value is -4.25. The molecule has 0 aliphatic rings. The molecule has 178 valence electrons. The van der Waals surface area contributed by atoms with Crippen LogP contribution in [0.5, 0.6) is 23.0 Å². The zero-order valence-electron chi connectivity index (χ0n) is 19.6. The summed E-state index contributed by atoms with van der Waals surface area (Å²) in [5, 5.41) is 9.18. The van der Waals surface area contributed by atoms with Crippen molar-refractivity contribution in [1.82, 2.24) is 0 Å². The van der Waals surface area contributed by atoms with Crippen molar-refractivity contribution in [3.05, 3.63) is 59.2 Å². The first-order chi connectivity index (χ1) is 16.4. The summed E-state index contributed by atoms with van der Waals surface area (Å²) in [5.41, 5.74) is 1.09. The Morgan fingerprint density at radius 2 is 1.53 bits per heavy atom. The second-order valence-electron chi connectivity index (χ2n) is 6.63. The first-order valence-electron chi connectivity index (χ1n) is 10.7. The van der Waals surface area contributed by atoms with E-state index in [9.17, 15) is 14.9 Å². The van der Waals surface area contributed by atoms with Gasteiger partial charge in [0.05, 0.1) is 26.9 Å². The SMILES string of the molecule is CCOC(=O)/C(C#N)=C/c1ccc(OC(=O)/C=C/c2ccc(OCC)c(OCC)c2)c(OC)c1. The topological polar surface area (TPSA) is 104 Å². The standard InChI is InChI=1S/C26H27NO7/c1-5-31-21-11-8-18(15-24(21)32-6-2)10-13-25(28)34-22-12-9-19(16-23(22)30-4)14-20(17-27)26(29)33-7-3/h8-16H,5-7H2,1-4H3/b13-10+,20-14+. The number of ether oxygens (including phenoxy) is 5. The lowest BCUT2D eigenvalue weighted by Crippen LogP contribution is -2.06. The van der Waals surface area contributed by atoms with Gasteiger partial charge in [0.2, 0.25) is 0 Å². The molecule has 0 spiro atoms. The van der Waals surface area contributed by atoms with Crippen molar-refractivity contribution in [2.75, 3.05) is 26.9 Å². The number of benzene rings is 2. The summed E-state index contributed by atoms with van der Waals surface area (Å²) in [6.45, 7) is 6.57. The molecule has 0 amide bonds. The van der Waals surface area contributed by atoms with Gasteiger partial charge < -0.3 is 23.7 Å². The minimum atomic E-state index is -0.716. The molecule has 34 heavy (non-hydrogen) atoms. The Morgan fingerprint density at radius 1 is 0.882 bits per heavy atom. The molecule has 0 heterocycles. The van der Waals surface area contributed by atoms with E-state index in [2.05, 4.69) is 0 Å². The summed E-state index contributed by atoms with van der Waals surface area (Å²) in [6.07, 6.45) is 4.25. The third kappa shape index (κ3) is 7.41. The van der Waals surface area contributed by atoms with Gasteiger partial charge in [0.1, 0.15) is 11.6 Å². The number of nitriles is 1. The quantitative estimate of drug-likeness (QED) is 0.206. The Labute approximate surface area is 199 Å². The van der Waals surface area contributed by atoms with E-state index in [-0.39, 0.29) is 23.7 Å². The fraction of sp³-hybridized carbons (Fsp3) is 0.269. The number of carbonyl (C=O) groups is 2. The van der Waals surface area contributed by atoms with Gasteiger partial charge in [-0.1, -0.05) is 12.1 Å². The number of nitrogens with zero attached hydrogens (tertiary/aromatic N) is 1. The maximum Gasteiger partial charge on any atom is 0.348 e. The Bertz CT molecular complexity index is 1110. The molecule has 0 fully saturated rings. The average molecular weight is 466 g/mol. The van der Waals surface area contributed by atoms with Crippen molar-refractivity contribution in [2.45, 2.75) is 20.8 Å². The van der Waals surface area contributed by atoms with Crippen LogP contribution in [0.4, 0.5) is 0 Å². The molecule has 0 aliphatic heterocycles. The molecule has 8 heteroatoms. The van der Waals surface area contributed by atoms with Crippen LogP contribution < -0.4 is 18.9 Å². The van der Waals surface area contributed by atoms with E-state index in [0.717, 1.165) is 5.56 Å². The van der Waals surface area contributed by atoms with Gasteiger partial charge >= 0.3 is 11.9 Å². The Balaban J connectivity index is 2.17. The highest BCUT2D eigenvalue weighted by atomic mass is 16.6. The maximum atomic E-state index is 12.4. The van der Waals surface area contributed by atoms with Gasteiger partial charge in [-0.15, -0.1) is 0 Å². The first-order valence-corrected chi connectivity index (χ1v) is 10.7. The second kappa shape index (κ2) is 13.3. The highest BCUT2D eigenvalue weighted by molar-refractivity contribution is 5.98. The van der Waals surface area contributed by atoms with E-state index in [0.29, 0.717) is 30.3 Å². The number of hydrogen-bond acceptors (Lipinski definition) is 8. The monoisotopic (exact) mass is 465 g/mol. The summed E-state index contributed by atoms with van der Waals surface area (Å²) in [4.78, 5) is 24.2. The molecule has 0 saturated heterocycles. The highest BCUT2D eigenvalue weighted by Crippen LogP contribution is 2.30. The fourth-order valence-electron chi connectivity index (χ4n) is 2.85. The van der Waals surface area contributed by atoms with Gasteiger partial charge in [-0.05, 0) is 68.3 Å². The molecule has 2 aromatic carbocycles. The van der Waals surface area contributed by atoms with E-state index in [1.54, 1.807) is 43.3 Å². The van der Waals surface area contributed by atoms with Crippen LogP contribution >= 0.6 is 0 Å². The van der Waals surface area contributed by atoms with E-state index in [4.69, 9.17) is 23.7 Å². The third-order valence-corrected chi connectivity index (χ3v) is 4.30. The van der Waals surface area contributed by atoms with Gasteiger partial charge in [0, 0.05) is 6.08 Å². The van der Waals surface area contributed by atoms with Gasteiger partial charge in [-0.3, -0.25) is 0 Å². The van der Waals surface area contributed by atoms with Gasteiger partial charge in [-0.2, -0.15) is 5.26 Å². The summed E-state index contributed by atoms with van der Waals surface area (Å²) in [5.74, 6) is 0.334. The highest BCUT2D eigenvalue weighted by Gasteiger charge is 2.13. The molecule has 0 radical (unpaired) electrons. The van der Waals surface area contributed by atoms with Crippen LogP contribution in [-0.2, 0) is 14.3 Å². The summed E-state index contributed by atoms with van der Waals surface area (Å²) in [7, 11) is 1.42. The molecule has 0 N–H and O–H groups in total. The van der Waals surface area contributed by atoms with Gasteiger partial charge in [0.15, 0.2) is 23.0 Å². The Morgan fingerprint density at radius 3 is 2.18 bits per heavy atom. The van der Waals surface area contributed by atoms with Crippen LogP contribution in [0.1, 0.15) is 31.9 Å². The van der Waals surface area contributed by atoms with Crippen LogP contribution in [0.3, 0.4) is 0 Å². The maximum absolute atomic E-state index is 12.4. The van der Waals surface area contributed by atoms with Crippen molar-refractivity contribution in [3.63, 3.8) is 0 Å². The largest absolute Gasteiger partial charge is 0.493 e. The van der Waals surface area contributed by atoms with Crippen LogP contribution in [0.25, 0.3) is 12.2 Å². The zero-order valence-corrected chi connectivity index (χ0v) is 19.6. The van der Waals surface area contributed by atoms with Crippen LogP contribution in [0.15, 0.2) is 48.0 Å². The van der Waals surface area contributed by atoms with Crippen molar-refractivity contribution >= 4 is 24.1 Å². The van der Waals surface area contributed by atoms with Crippen molar-refractivity contribution in [2.24, 2.45) is 0 Å². The smallest absolute Gasteiger partial charge is 0.348 e. The molecule has 0 saturated carbocycles. The zero-order chi connectivity index (χ0) is 24.9. The molecule has 0 aliphatic carbocycles. The summed E-state index contributed by atoms with van der Waals surface area (Å²) >= 11 is 0. The second-order valence-corrected chi connectivity index (χ2v) is 6.63. The molecule has 0 atom stereocenters. The lowest BCUT2D eigenvalue weighted by Gasteiger charge is -2.11. The number of carbonyl (C=O) groups excluding carboxylic acids is 2. The molecular formula is C26H27NO7. The molecular weight excluding hydrogens is 438 g/mol. The number of esters is 2. The normalized spacial score (nSPS) is 11.0. The number of hydrogen-bond donors (Lipinski definition) is 0. The lowest BCUT2D eigenvalue weighted by atomic mass is 10.1. The molecule has 0 unspecified atom stereocenters. The lowest BCUT2D eigenvalue weighted by molar-refractivity contribution is -0.138. The van der Waals surface area contributed by atoms with Crippen LogP contribution in [-0.4, -0.2) is 38.9 Å². The molecule has 8 nitrogen and oxygen atoms in total. The Kier molecular flexibility index (Phi) is 10.2. The van der Waals surface area contributed by atoms with Crippen molar-refractivity contribution < 1.29 is 33.3 Å². The first kappa shape index (κ1) is 26.0. The van der Waals surface area contributed by atoms with E-state index < -0.39 is 11.9 Å². The molecule has 0 bridgehead atoms.